The molecule has 0 saturated heterocycles. The lowest BCUT2D eigenvalue weighted by Gasteiger charge is -2.14. The van der Waals surface area contributed by atoms with Crippen LogP contribution in [0.15, 0.2) is 24.3 Å². The average Bonchev–Trinajstić information content (AvgIpc) is 2.16. The number of anilines is 1. The second-order valence-electron chi connectivity index (χ2n) is 2.55. The van der Waals surface area contributed by atoms with Crippen LogP contribution in [0.2, 0.25) is 0 Å². The van der Waals surface area contributed by atoms with Crippen LogP contribution < -0.4 is 10.6 Å². The lowest BCUT2D eigenvalue weighted by molar-refractivity contribution is -0.107. The summed E-state index contributed by atoms with van der Waals surface area (Å²) in [5.74, 6) is 0. The van der Waals surface area contributed by atoms with E-state index in [1.165, 1.54) is 4.90 Å². The Morgan fingerprint density at radius 3 is 2.75 bits per heavy atom. The normalized spacial score (nSPS) is 9.50. The highest BCUT2D eigenvalue weighted by Gasteiger charge is 2.02. The highest BCUT2D eigenvalue weighted by atomic mass is 16.1. The van der Waals surface area contributed by atoms with E-state index in [9.17, 15) is 4.79 Å². The zero-order valence-corrected chi connectivity index (χ0v) is 7.03. The molecule has 0 heterocycles. The largest absolute Gasteiger partial charge is 0.326 e. The van der Waals surface area contributed by atoms with E-state index < -0.39 is 0 Å². The maximum Gasteiger partial charge on any atom is 0.213 e. The summed E-state index contributed by atoms with van der Waals surface area (Å²) >= 11 is 0. The number of nitrogens with zero attached hydrogens (tertiary/aromatic N) is 1. The predicted molar refractivity (Wildman–Crippen MR) is 48.8 cm³/mol. The SMILES string of the molecule is CN(C=O)c1ccccc1CN. The van der Waals surface area contributed by atoms with Gasteiger partial charge in [-0.3, -0.25) is 4.79 Å². The molecular formula is C9H12N2O. The number of benzene rings is 1. The van der Waals surface area contributed by atoms with E-state index in [2.05, 4.69) is 0 Å². The van der Waals surface area contributed by atoms with E-state index in [1.807, 2.05) is 24.3 Å². The summed E-state index contributed by atoms with van der Waals surface area (Å²) < 4.78 is 0. The fraction of sp³-hybridized carbons (Fsp3) is 0.222. The highest BCUT2D eigenvalue weighted by molar-refractivity contribution is 5.76. The molecule has 64 valence electrons. The second kappa shape index (κ2) is 3.88. The van der Waals surface area contributed by atoms with Crippen molar-refractivity contribution in [1.29, 1.82) is 0 Å². The van der Waals surface area contributed by atoms with Gasteiger partial charge in [-0.05, 0) is 11.6 Å². The fourth-order valence-corrected chi connectivity index (χ4v) is 1.08. The first-order valence-electron chi connectivity index (χ1n) is 3.75. The molecule has 0 aliphatic rings. The molecule has 1 amide bonds. The lowest BCUT2D eigenvalue weighted by atomic mass is 10.1. The molecule has 12 heavy (non-hydrogen) atoms. The zero-order valence-electron chi connectivity index (χ0n) is 7.03. The van der Waals surface area contributed by atoms with E-state index in [-0.39, 0.29) is 0 Å². The highest BCUT2D eigenvalue weighted by Crippen LogP contribution is 2.16. The molecule has 3 heteroatoms. The van der Waals surface area contributed by atoms with Gasteiger partial charge in [-0.15, -0.1) is 0 Å². The van der Waals surface area contributed by atoms with Crippen molar-refractivity contribution < 1.29 is 4.79 Å². The molecule has 1 rings (SSSR count). The van der Waals surface area contributed by atoms with Gasteiger partial charge in [0.25, 0.3) is 0 Å². The first-order valence-corrected chi connectivity index (χ1v) is 3.75. The average molecular weight is 164 g/mol. The summed E-state index contributed by atoms with van der Waals surface area (Å²) in [4.78, 5) is 12.0. The van der Waals surface area contributed by atoms with Gasteiger partial charge in [0.2, 0.25) is 6.41 Å². The fourth-order valence-electron chi connectivity index (χ4n) is 1.08. The van der Waals surface area contributed by atoms with Gasteiger partial charge in [0.05, 0.1) is 0 Å². The molecular weight excluding hydrogens is 152 g/mol. The van der Waals surface area contributed by atoms with Gasteiger partial charge in [0, 0.05) is 19.3 Å². The number of hydrogen-bond acceptors (Lipinski definition) is 2. The molecule has 0 aliphatic carbocycles. The number of rotatable bonds is 3. The minimum Gasteiger partial charge on any atom is -0.326 e. The molecule has 1 aromatic carbocycles. The maximum atomic E-state index is 10.5. The number of carbonyl (C=O) groups excluding carboxylic acids is 1. The Morgan fingerprint density at radius 2 is 2.17 bits per heavy atom. The van der Waals surface area contributed by atoms with E-state index in [0.29, 0.717) is 6.54 Å². The molecule has 0 atom stereocenters. The molecule has 0 radical (unpaired) electrons. The maximum absolute atomic E-state index is 10.5. The van der Waals surface area contributed by atoms with Gasteiger partial charge in [-0.2, -0.15) is 0 Å². The van der Waals surface area contributed by atoms with Gasteiger partial charge in [0.1, 0.15) is 0 Å². The van der Waals surface area contributed by atoms with Crippen LogP contribution in [0, 0.1) is 0 Å². The van der Waals surface area contributed by atoms with Crippen LogP contribution in [0.1, 0.15) is 5.56 Å². The van der Waals surface area contributed by atoms with Crippen molar-refractivity contribution in [3.63, 3.8) is 0 Å². The summed E-state index contributed by atoms with van der Waals surface area (Å²) in [6.45, 7) is 0.453. The van der Waals surface area contributed by atoms with Crippen LogP contribution in [0.25, 0.3) is 0 Å². The minimum absolute atomic E-state index is 0.453. The van der Waals surface area contributed by atoms with Gasteiger partial charge in [-0.1, -0.05) is 18.2 Å². The molecule has 1 aromatic rings. The minimum atomic E-state index is 0.453. The summed E-state index contributed by atoms with van der Waals surface area (Å²) in [5, 5.41) is 0. The Balaban J connectivity index is 3.04. The topological polar surface area (TPSA) is 46.3 Å². The standard InChI is InChI=1S/C9H12N2O/c1-11(7-12)9-5-3-2-4-8(9)6-10/h2-5,7H,6,10H2,1H3. The Bertz CT molecular complexity index is 273. The van der Waals surface area contributed by atoms with Crippen molar-refractivity contribution in [3.05, 3.63) is 29.8 Å². The first-order chi connectivity index (χ1) is 5.79. The predicted octanol–water partition coefficient (Wildman–Crippen LogP) is 0.738. The second-order valence-corrected chi connectivity index (χ2v) is 2.55. The van der Waals surface area contributed by atoms with Crippen LogP contribution in [-0.4, -0.2) is 13.5 Å². The summed E-state index contributed by atoms with van der Waals surface area (Å²) in [5.41, 5.74) is 7.35. The molecule has 0 spiro atoms. The third-order valence-corrected chi connectivity index (χ3v) is 1.75. The Labute approximate surface area is 71.8 Å². The Hall–Kier alpha value is -1.35. The van der Waals surface area contributed by atoms with Crippen molar-refractivity contribution in [2.45, 2.75) is 6.54 Å². The van der Waals surface area contributed by atoms with E-state index in [1.54, 1.807) is 7.05 Å². The van der Waals surface area contributed by atoms with Crippen LogP contribution in [-0.2, 0) is 11.3 Å². The van der Waals surface area contributed by atoms with Crippen molar-refractivity contribution in [3.8, 4) is 0 Å². The van der Waals surface area contributed by atoms with Gasteiger partial charge >= 0.3 is 0 Å². The van der Waals surface area contributed by atoms with Gasteiger partial charge in [0.15, 0.2) is 0 Å². The van der Waals surface area contributed by atoms with Crippen LogP contribution in [0.4, 0.5) is 5.69 Å². The molecule has 2 N–H and O–H groups in total. The van der Waals surface area contributed by atoms with Crippen molar-refractivity contribution >= 4 is 12.1 Å². The molecule has 0 fully saturated rings. The molecule has 0 aromatic heterocycles. The smallest absolute Gasteiger partial charge is 0.213 e. The third-order valence-electron chi connectivity index (χ3n) is 1.75. The van der Waals surface area contributed by atoms with Crippen molar-refractivity contribution in [2.24, 2.45) is 5.73 Å². The Morgan fingerprint density at radius 1 is 1.50 bits per heavy atom. The number of amides is 1. The molecule has 3 nitrogen and oxygen atoms in total. The van der Waals surface area contributed by atoms with E-state index in [4.69, 9.17) is 5.73 Å². The number of nitrogens with two attached hydrogens (primary N) is 1. The first kappa shape index (κ1) is 8.74. The van der Waals surface area contributed by atoms with Crippen LogP contribution in [0.5, 0.6) is 0 Å². The lowest BCUT2D eigenvalue weighted by Crippen LogP contribution is -2.16. The van der Waals surface area contributed by atoms with Gasteiger partial charge < -0.3 is 10.6 Å². The summed E-state index contributed by atoms with van der Waals surface area (Å²) in [6.07, 6.45) is 0.772. The van der Waals surface area contributed by atoms with E-state index in [0.717, 1.165) is 17.7 Å². The van der Waals surface area contributed by atoms with Crippen molar-refractivity contribution in [2.75, 3.05) is 11.9 Å². The number of carbonyl (C=O) groups is 1. The third kappa shape index (κ3) is 1.62. The quantitative estimate of drug-likeness (QED) is 0.670. The molecule has 0 saturated carbocycles. The monoisotopic (exact) mass is 164 g/mol. The molecule has 0 aliphatic heterocycles. The summed E-state index contributed by atoms with van der Waals surface area (Å²) in [7, 11) is 1.71. The van der Waals surface area contributed by atoms with E-state index >= 15 is 0 Å². The molecule has 0 unspecified atom stereocenters. The number of hydrogen-bond donors (Lipinski definition) is 1. The summed E-state index contributed by atoms with van der Waals surface area (Å²) in [6, 6.07) is 7.57. The van der Waals surface area contributed by atoms with Gasteiger partial charge in [-0.25, -0.2) is 0 Å². The Kier molecular flexibility index (Phi) is 2.82. The zero-order chi connectivity index (χ0) is 8.97. The van der Waals surface area contributed by atoms with Crippen LogP contribution in [0.3, 0.4) is 0 Å². The molecule has 0 bridgehead atoms. The van der Waals surface area contributed by atoms with Crippen LogP contribution >= 0.6 is 0 Å². The van der Waals surface area contributed by atoms with Crippen molar-refractivity contribution in [1.82, 2.24) is 0 Å². The number of para-hydroxylation sites is 1.